The van der Waals surface area contributed by atoms with E-state index in [-0.39, 0.29) is 29.8 Å². The van der Waals surface area contributed by atoms with E-state index in [0.29, 0.717) is 36.7 Å². The Morgan fingerprint density at radius 1 is 1.07 bits per heavy atom. The number of hydrogen-bond acceptors (Lipinski definition) is 7. The van der Waals surface area contributed by atoms with Gasteiger partial charge in [0.05, 0.1) is 24.7 Å². The molecule has 2 atom stereocenters. The Hall–Kier alpha value is -2.77. The third kappa shape index (κ3) is 7.00. The molecule has 4 rings (SSSR count). The Kier molecular flexibility index (Phi) is 9.91. The molecule has 0 spiro atoms. The standard InChI is InChI=1S/C28H38ClN5O6S/c1-19(2)32(11-10-31-12-14-40-15-13-31)27(36)20(3)33-9-8-25(28(33)37)34(18-26(30)35)41(38,39)24-7-5-21-16-23(29)6-4-22(21)17-24/h4-7,16-17,19-20,25H,8-15,18H2,1-3H3,(H2,30,35). The van der Waals surface area contributed by atoms with E-state index in [1.165, 1.54) is 17.0 Å². The second-order valence-corrected chi connectivity index (χ2v) is 13.1. The van der Waals surface area contributed by atoms with E-state index in [0.717, 1.165) is 22.8 Å². The highest BCUT2D eigenvalue weighted by Crippen LogP contribution is 2.29. The van der Waals surface area contributed by atoms with Crippen molar-refractivity contribution in [2.75, 3.05) is 52.5 Å². The van der Waals surface area contributed by atoms with Gasteiger partial charge < -0.3 is 20.3 Å². The summed E-state index contributed by atoms with van der Waals surface area (Å²) in [6, 6.07) is 7.53. The Morgan fingerprint density at radius 3 is 2.39 bits per heavy atom. The minimum Gasteiger partial charge on any atom is -0.379 e. The molecular weight excluding hydrogens is 570 g/mol. The van der Waals surface area contributed by atoms with Crippen LogP contribution in [0.25, 0.3) is 10.8 Å². The van der Waals surface area contributed by atoms with Gasteiger partial charge in [-0.25, -0.2) is 8.42 Å². The molecule has 2 aromatic carbocycles. The van der Waals surface area contributed by atoms with Crippen LogP contribution in [0, 0.1) is 0 Å². The number of hydrogen-bond donors (Lipinski definition) is 1. The predicted molar refractivity (Wildman–Crippen MR) is 156 cm³/mol. The molecule has 13 heteroatoms. The number of halogens is 1. The van der Waals surface area contributed by atoms with Crippen molar-refractivity contribution in [3.8, 4) is 0 Å². The van der Waals surface area contributed by atoms with Gasteiger partial charge in [0.2, 0.25) is 27.7 Å². The zero-order chi connectivity index (χ0) is 29.9. The molecule has 2 aromatic rings. The van der Waals surface area contributed by atoms with Gasteiger partial charge in [-0.15, -0.1) is 0 Å². The lowest BCUT2D eigenvalue weighted by Gasteiger charge is -2.35. The van der Waals surface area contributed by atoms with E-state index in [2.05, 4.69) is 4.90 Å². The summed E-state index contributed by atoms with van der Waals surface area (Å²) in [5.41, 5.74) is 5.44. The number of carbonyl (C=O) groups is 3. The number of sulfonamides is 1. The lowest BCUT2D eigenvalue weighted by Crippen LogP contribution is -2.54. The highest BCUT2D eigenvalue weighted by molar-refractivity contribution is 7.89. The molecule has 2 saturated heterocycles. The summed E-state index contributed by atoms with van der Waals surface area (Å²) in [4.78, 5) is 44.6. The minimum atomic E-state index is -4.29. The van der Waals surface area contributed by atoms with Crippen molar-refractivity contribution in [3.05, 3.63) is 41.4 Å². The SMILES string of the molecule is CC(C)N(CCN1CCOCC1)C(=O)C(C)N1CCC(N(CC(N)=O)S(=O)(=O)c2ccc3cc(Cl)ccc3c2)C1=O. The molecule has 0 aliphatic carbocycles. The van der Waals surface area contributed by atoms with Crippen LogP contribution < -0.4 is 5.73 Å². The number of rotatable bonds is 11. The summed E-state index contributed by atoms with van der Waals surface area (Å²) in [6.45, 7) is 9.15. The first kappa shape index (κ1) is 31.2. The van der Waals surface area contributed by atoms with E-state index in [1.807, 2.05) is 13.8 Å². The van der Waals surface area contributed by atoms with E-state index in [1.54, 1.807) is 36.1 Å². The molecule has 0 saturated carbocycles. The van der Waals surface area contributed by atoms with Gasteiger partial charge >= 0.3 is 0 Å². The molecule has 41 heavy (non-hydrogen) atoms. The third-order valence-corrected chi connectivity index (χ3v) is 9.83. The Morgan fingerprint density at radius 2 is 1.73 bits per heavy atom. The summed E-state index contributed by atoms with van der Waals surface area (Å²) in [6.07, 6.45) is 0.127. The van der Waals surface area contributed by atoms with Crippen LogP contribution in [0.3, 0.4) is 0 Å². The highest BCUT2D eigenvalue weighted by Gasteiger charge is 2.45. The first-order chi connectivity index (χ1) is 19.4. The maximum absolute atomic E-state index is 13.8. The summed E-state index contributed by atoms with van der Waals surface area (Å²) in [5.74, 6) is -1.62. The normalized spacial score (nSPS) is 19.3. The fraction of sp³-hybridized carbons (Fsp3) is 0.536. The van der Waals surface area contributed by atoms with Crippen LogP contribution in [0.1, 0.15) is 27.2 Å². The number of amides is 3. The van der Waals surface area contributed by atoms with Crippen LogP contribution in [-0.4, -0.2) is 116 Å². The molecule has 2 aliphatic rings. The van der Waals surface area contributed by atoms with Crippen LogP contribution in [0.5, 0.6) is 0 Å². The number of likely N-dealkylation sites (tertiary alicyclic amines) is 1. The van der Waals surface area contributed by atoms with Gasteiger partial charge in [-0.3, -0.25) is 19.3 Å². The van der Waals surface area contributed by atoms with Crippen LogP contribution in [-0.2, 0) is 29.1 Å². The molecule has 0 bridgehead atoms. The van der Waals surface area contributed by atoms with Crippen LogP contribution >= 0.6 is 11.6 Å². The average Bonchev–Trinajstić information content (AvgIpc) is 3.31. The first-order valence-electron chi connectivity index (χ1n) is 13.8. The number of morpholine rings is 1. The van der Waals surface area contributed by atoms with Gasteiger partial charge in [-0.1, -0.05) is 23.7 Å². The molecule has 2 fully saturated rings. The zero-order valence-electron chi connectivity index (χ0n) is 23.7. The molecule has 2 heterocycles. The summed E-state index contributed by atoms with van der Waals surface area (Å²) in [7, 11) is -4.29. The van der Waals surface area contributed by atoms with E-state index in [9.17, 15) is 22.8 Å². The molecule has 2 unspecified atom stereocenters. The highest BCUT2D eigenvalue weighted by atomic mass is 35.5. The lowest BCUT2D eigenvalue weighted by molar-refractivity contribution is -0.145. The van der Waals surface area contributed by atoms with Gasteiger partial charge in [-0.05, 0) is 62.2 Å². The lowest BCUT2D eigenvalue weighted by atomic mass is 10.1. The van der Waals surface area contributed by atoms with Gasteiger partial charge in [0, 0.05) is 43.8 Å². The Bertz CT molecular complexity index is 1400. The van der Waals surface area contributed by atoms with Crippen molar-refractivity contribution < 1.29 is 27.5 Å². The van der Waals surface area contributed by atoms with Crippen molar-refractivity contribution >= 4 is 50.1 Å². The maximum atomic E-state index is 13.8. The smallest absolute Gasteiger partial charge is 0.245 e. The van der Waals surface area contributed by atoms with Crippen molar-refractivity contribution in [2.24, 2.45) is 5.73 Å². The summed E-state index contributed by atoms with van der Waals surface area (Å²) < 4.78 is 33.8. The molecule has 3 amide bonds. The molecule has 0 radical (unpaired) electrons. The van der Waals surface area contributed by atoms with Crippen LogP contribution in [0.2, 0.25) is 5.02 Å². The number of carbonyl (C=O) groups excluding carboxylic acids is 3. The van der Waals surface area contributed by atoms with Crippen molar-refractivity contribution in [1.29, 1.82) is 0 Å². The largest absolute Gasteiger partial charge is 0.379 e. The number of fused-ring (bicyclic) bond motifs is 1. The van der Waals surface area contributed by atoms with Gasteiger partial charge in [0.25, 0.3) is 0 Å². The number of nitrogens with two attached hydrogens (primary N) is 1. The maximum Gasteiger partial charge on any atom is 0.245 e. The van der Waals surface area contributed by atoms with Crippen LogP contribution in [0.4, 0.5) is 0 Å². The van der Waals surface area contributed by atoms with Crippen molar-refractivity contribution in [2.45, 2.75) is 50.2 Å². The van der Waals surface area contributed by atoms with Gasteiger partial charge in [0.15, 0.2) is 0 Å². The second-order valence-electron chi connectivity index (χ2n) is 10.8. The fourth-order valence-corrected chi connectivity index (χ4v) is 7.21. The second kappa shape index (κ2) is 13.0. The number of primary amides is 1. The van der Waals surface area contributed by atoms with E-state index >= 15 is 0 Å². The Labute approximate surface area is 246 Å². The molecular formula is C28H38ClN5O6S. The predicted octanol–water partition coefficient (Wildman–Crippen LogP) is 1.53. The number of benzene rings is 2. The number of nitrogens with zero attached hydrogens (tertiary/aromatic N) is 4. The van der Waals surface area contributed by atoms with E-state index in [4.69, 9.17) is 22.1 Å². The quantitative estimate of drug-likeness (QED) is 0.409. The Balaban J connectivity index is 1.53. The molecule has 224 valence electrons. The van der Waals surface area contributed by atoms with Gasteiger partial charge in [0.1, 0.15) is 12.1 Å². The molecule has 2 N–H and O–H groups in total. The third-order valence-electron chi connectivity index (χ3n) is 7.74. The van der Waals surface area contributed by atoms with E-state index < -0.39 is 40.5 Å². The summed E-state index contributed by atoms with van der Waals surface area (Å²) >= 11 is 6.06. The van der Waals surface area contributed by atoms with Gasteiger partial charge in [-0.2, -0.15) is 4.31 Å². The molecule has 0 aromatic heterocycles. The fourth-order valence-electron chi connectivity index (χ4n) is 5.42. The summed E-state index contributed by atoms with van der Waals surface area (Å²) in [5, 5.41) is 1.90. The van der Waals surface area contributed by atoms with Crippen LogP contribution in [0.15, 0.2) is 41.3 Å². The number of ether oxygens (including phenoxy) is 1. The first-order valence-corrected chi connectivity index (χ1v) is 15.6. The average molecular weight is 608 g/mol. The molecule has 11 nitrogen and oxygen atoms in total. The van der Waals surface area contributed by atoms with Crippen molar-refractivity contribution in [3.63, 3.8) is 0 Å². The monoisotopic (exact) mass is 607 g/mol. The topological polar surface area (TPSA) is 134 Å². The molecule has 2 aliphatic heterocycles. The zero-order valence-corrected chi connectivity index (χ0v) is 25.2. The van der Waals surface area contributed by atoms with Crippen molar-refractivity contribution in [1.82, 2.24) is 19.0 Å². The minimum absolute atomic E-state index is 0.0713.